The second kappa shape index (κ2) is 7.12. The maximum Gasteiger partial charge on any atom is 0.119 e. The minimum Gasteiger partial charge on any atom is -0.492 e. The molecule has 20 heavy (non-hydrogen) atoms. The van der Waals surface area contributed by atoms with Gasteiger partial charge >= 0.3 is 0 Å². The monoisotopic (exact) mass is 275 g/mol. The fourth-order valence-corrected chi connectivity index (χ4v) is 3.03. The molecule has 1 aliphatic carbocycles. The Bertz CT molecular complexity index is 400. The van der Waals surface area contributed by atoms with Crippen molar-refractivity contribution in [3.63, 3.8) is 0 Å². The molecule has 0 radical (unpaired) electrons. The summed E-state index contributed by atoms with van der Waals surface area (Å²) in [6.07, 6.45) is 4.04. The van der Waals surface area contributed by atoms with Crippen LogP contribution in [0, 0.1) is 18.8 Å². The van der Waals surface area contributed by atoms with E-state index in [-0.39, 0.29) is 0 Å². The van der Waals surface area contributed by atoms with Crippen LogP contribution in [0.15, 0.2) is 24.3 Å². The molecule has 0 heterocycles. The maximum absolute atomic E-state index is 5.86. The largest absolute Gasteiger partial charge is 0.492 e. The third kappa shape index (κ3) is 4.52. The van der Waals surface area contributed by atoms with Gasteiger partial charge in [-0.1, -0.05) is 38.0 Å². The number of aryl methyl sites for hydroxylation is 1. The van der Waals surface area contributed by atoms with Gasteiger partial charge in [-0.15, -0.1) is 0 Å². The number of hydrogen-bond donors (Lipinski definition) is 1. The molecule has 2 heteroatoms. The third-order valence-electron chi connectivity index (χ3n) is 4.48. The fourth-order valence-electron chi connectivity index (χ4n) is 3.03. The van der Waals surface area contributed by atoms with Gasteiger partial charge in [-0.05, 0) is 50.7 Å². The second-order valence-electron chi connectivity index (χ2n) is 6.69. The number of hydrogen-bond acceptors (Lipinski definition) is 2. The summed E-state index contributed by atoms with van der Waals surface area (Å²) < 4.78 is 5.86. The lowest BCUT2D eigenvalue weighted by molar-refractivity contribution is 0.189. The average Bonchev–Trinajstić information content (AvgIpc) is 2.42. The Balaban J connectivity index is 1.77. The first-order chi connectivity index (χ1) is 9.54. The van der Waals surface area contributed by atoms with Crippen molar-refractivity contribution in [1.29, 1.82) is 0 Å². The summed E-state index contributed by atoms with van der Waals surface area (Å²) in [6.45, 7) is 9.80. The molecule has 4 atom stereocenters. The zero-order valence-electron chi connectivity index (χ0n) is 13.4. The predicted octanol–water partition coefficient (Wildman–Crippen LogP) is 4.18. The van der Waals surface area contributed by atoms with E-state index < -0.39 is 0 Å². The van der Waals surface area contributed by atoms with E-state index in [0.29, 0.717) is 12.1 Å². The number of rotatable bonds is 5. The van der Waals surface area contributed by atoms with Crippen LogP contribution in [0.1, 0.15) is 45.6 Å². The van der Waals surface area contributed by atoms with Crippen molar-refractivity contribution >= 4 is 0 Å². The van der Waals surface area contributed by atoms with Crippen LogP contribution < -0.4 is 10.1 Å². The van der Waals surface area contributed by atoms with Crippen molar-refractivity contribution in [2.45, 2.75) is 59.0 Å². The molecule has 1 fully saturated rings. The highest BCUT2D eigenvalue weighted by Gasteiger charge is 2.26. The Morgan fingerprint density at radius 3 is 2.60 bits per heavy atom. The van der Waals surface area contributed by atoms with Gasteiger partial charge < -0.3 is 10.1 Å². The van der Waals surface area contributed by atoms with Gasteiger partial charge in [0.15, 0.2) is 0 Å². The minimum atomic E-state index is 0.397. The second-order valence-corrected chi connectivity index (χ2v) is 6.69. The molecule has 112 valence electrons. The van der Waals surface area contributed by atoms with Crippen molar-refractivity contribution in [3.05, 3.63) is 29.8 Å². The molecule has 2 rings (SSSR count). The topological polar surface area (TPSA) is 21.3 Å². The molecule has 0 aliphatic heterocycles. The lowest BCUT2D eigenvalue weighted by Crippen LogP contribution is -2.46. The van der Waals surface area contributed by atoms with E-state index in [1.165, 1.54) is 24.8 Å². The first-order valence-electron chi connectivity index (χ1n) is 8.00. The first-order valence-corrected chi connectivity index (χ1v) is 8.00. The Morgan fingerprint density at radius 1 is 1.20 bits per heavy atom. The van der Waals surface area contributed by atoms with E-state index in [1.54, 1.807) is 0 Å². The zero-order valence-corrected chi connectivity index (χ0v) is 13.4. The van der Waals surface area contributed by atoms with E-state index in [2.05, 4.69) is 45.1 Å². The van der Waals surface area contributed by atoms with Crippen LogP contribution in [0.3, 0.4) is 0 Å². The minimum absolute atomic E-state index is 0.397. The van der Waals surface area contributed by atoms with Crippen LogP contribution in [0.2, 0.25) is 0 Å². The predicted molar refractivity (Wildman–Crippen MR) is 85.2 cm³/mol. The molecule has 1 aromatic rings. The molecule has 1 saturated carbocycles. The highest BCUT2D eigenvalue weighted by molar-refractivity contribution is 5.26. The summed E-state index contributed by atoms with van der Waals surface area (Å²) in [6, 6.07) is 9.33. The van der Waals surface area contributed by atoms with Crippen LogP contribution in [0.4, 0.5) is 0 Å². The van der Waals surface area contributed by atoms with E-state index in [0.717, 1.165) is 24.2 Å². The molecule has 1 aromatic carbocycles. The van der Waals surface area contributed by atoms with Gasteiger partial charge in [-0.25, -0.2) is 0 Å². The first kappa shape index (κ1) is 15.4. The highest BCUT2D eigenvalue weighted by Crippen LogP contribution is 2.28. The standard InChI is InChI=1S/C18H29NO/c1-13-6-9-17(10-7-13)20-12-16(4)19-18-11-14(2)5-8-15(18)3/h6-7,9-10,14-16,18-19H,5,8,11-12H2,1-4H3. The molecule has 0 saturated heterocycles. The Morgan fingerprint density at radius 2 is 1.90 bits per heavy atom. The zero-order chi connectivity index (χ0) is 14.5. The van der Waals surface area contributed by atoms with Gasteiger partial charge in [0, 0.05) is 12.1 Å². The lowest BCUT2D eigenvalue weighted by Gasteiger charge is -2.35. The summed E-state index contributed by atoms with van der Waals surface area (Å²) in [5, 5.41) is 3.76. The van der Waals surface area contributed by atoms with E-state index in [4.69, 9.17) is 4.74 Å². The third-order valence-corrected chi connectivity index (χ3v) is 4.48. The van der Waals surface area contributed by atoms with Crippen molar-refractivity contribution in [2.24, 2.45) is 11.8 Å². The van der Waals surface area contributed by atoms with Gasteiger partial charge in [0.25, 0.3) is 0 Å². The summed E-state index contributed by atoms with van der Waals surface area (Å²) >= 11 is 0. The van der Waals surface area contributed by atoms with E-state index in [9.17, 15) is 0 Å². The quantitative estimate of drug-likeness (QED) is 0.870. The molecule has 1 N–H and O–H groups in total. The number of benzene rings is 1. The van der Waals surface area contributed by atoms with E-state index in [1.807, 2.05) is 12.1 Å². The van der Waals surface area contributed by atoms with Gasteiger partial charge in [-0.3, -0.25) is 0 Å². The Labute approximate surface area is 123 Å². The average molecular weight is 275 g/mol. The molecule has 2 nitrogen and oxygen atoms in total. The fraction of sp³-hybridized carbons (Fsp3) is 0.667. The highest BCUT2D eigenvalue weighted by atomic mass is 16.5. The number of nitrogens with one attached hydrogen (secondary N) is 1. The van der Waals surface area contributed by atoms with Gasteiger partial charge in [0.05, 0.1) is 0 Å². The molecular formula is C18H29NO. The normalized spacial score (nSPS) is 28.1. The molecule has 0 aromatic heterocycles. The van der Waals surface area contributed by atoms with Gasteiger partial charge in [-0.2, -0.15) is 0 Å². The van der Waals surface area contributed by atoms with Crippen molar-refractivity contribution in [1.82, 2.24) is 5.32 Å². The van der Waals surface area contributed by atoms with Crippen LogP contribution >= 0.6 is 0 Å². The smallest absolute Gasteiger partial charge is 0.119 e. The van der Waals surface area contributed by atoms with Crippen LogP contribution in [0.25, 0.3) is 0 Å². The molecule has 1 aliphatic rings. The molecule has 0 amide bonds. The van der Waals surface area contributed by atoms with Crippen LogP contribution in [-0.2, 0) is 0 Å². The van der Waals surface area contributed by atoms with Crippen LogP contribution in [0.5, 0.6) is 5.75 Å². The molecule has 0 spiro atoms. The Kier molecular flexibility index (Phi) is 5.47. The summed E-state index contributed by atoms with van der Waals surface area (Å²) in [4.78, 5) is 0. The van der Waals surface area contributed by atoms with E-state index >= 15 is 0 Å². The Hall–Kier alpha value is -1.02. The van der Waals surface area contributed by atoms with Crippen molar-refractivity contribution in [3.8, 4) is 5.75 Å². The molecular weight excluding hydrogens is 246 g/mol. The SMILES string of the molecule is Cc1ccc(OCC(C)NC2CC(C)CCC2C)cc1. The van der Waals surface area contributed by atoms with Crippen molar-refractivity contribution < 1.29 is 4.74 Å². The van der Waals surface area contributed by atoms with Gasteiger partial charge in [0.1, 0.15) is 12.4 Å². The summed E-state index contributed by atoms with van der Waals surface area (Å²) in [5.74, 6) is 2.61. The van der Waals surface area contributed by atoms with Gasteiger partial charge in [0.2, 0.25) is 0 Å². The summed E-state index contributed by atoms with van der Waals surface area (Å²) in [7, 11) is 0. The molecule has 0 bridgehead atoms. The maximum atomic E-state index is 5.86. The molecule has 4 unspecified atom stereocenters. The number of ether oxygens (including phenoxy) is 1. The lowest BCUT2D eigenvalue weighted by atomic mass is 9.80. The summed E-state index contributed by atoms with van der Waals surface area (Å²) in [5.41, 5.74) is 1.27. The van der Waals surface area contributed by atoms with Crippen molar-refractivity contribution in [2.75, 3.05) is 6.61 Å². The van der Waals surface area contributed by atoms with Crippen LogP contribution in [-0.4, -0.2) is 18.7 Å².